The molecule has 1 aromatic rings. The van der Waals surface area contributed by atoms with Crippen molar-refractivity contribution in [2.75, 3.05) is 26.7 Å². The minimum Gasteiger partial charge on any atom is -0.497 e. The molecule has 2 heterocycles. The number of ether oxygens (including phenoxy) is 1. The van der Waals surface area contributed by atoms with Gasteiger partial charge in [-0.15, -0.1) is 0 Å². The zero-order chi connectivity index (χ0) is 18.0. The first-order valence-corrected chi connectivity index (χ1v) is 8.43. The zero-order valence-corrected chi connectivity index (χ0v) is 14.5. The van der Waals surface area contributed by atoms with E-state index in [1.54, 1.807) is 16.9 Å². The van der Waals surface area contributed by atoms with Gasteiger partial charge in [0.1, 0.15) is 5.75 Å². The van der Waals surface area contributed by atoms with E-state index in [-0.39, 0.29) is 42.8 Å². The molecule has 7 nitrogen and oxygen atoms in total. The van der Waals surface area contributed by atoms with Crippen molar-refractivity contribution < 1.29 is 19.1 Å². The van der Waals surface area contributed by atoms with Crippen LogP contribution in [0, 0.1) is 0 Å². The number of piperazine rings is 1. The fourth-order valence-corrected chi connectivity index (χ4v) is 3.58. The van der Waals surface area contributed by atoms with E-state index < -0.39 is 0 Å². The number of benzene rings is 1. The van der Waals surface area contributed by atoms with Gasteiger partial charge in [0.25, 0.3) is 0 Å². The van der Waals surface area contributed by atoms with Crippen LogP contribution in [0.15, 0.2) is 24.3 Å². The molecule has 7 heteroatoms. The lowest BCUT2D eigenvalue weighted by Gasteiger charge is -2.37. The largest absolute Gasteiger partial charge is 0.497 e. The Hall–Kier alpha value is -2.57. The van der Waals surface area contributed by atoms with Crippen LogP contribution in [0.4, 0.5) is 0 Å². The molecule has 1 aromatic carbocycles. The second-order valence-corrected chi connectivity index (χ2v) is 6.63. The van der Waals surface area contributed by atoms with Crippen LogP contribution in [0.25, 0.3) is 0 Å². The minimum atomic E-state index is -0.0928. The van der Waals surface area contributed by atoms with Crippen LogP contribution in [0.2, 0.25) is 0 Å². The van der Waals surface area contributed by atoms with Gasteiger partial charge in [-0.1, -0.05) is 12.1 Å². The van der Waals surface area contributed by atoms with E-state index in [4.69, 9.17) is 4.74 Å². The Morgan fingerprint density at radius 2 is 1.96 bits per heavy atom. The predicted octanol–water partition coefficient (Wildman–Crippen LogP) is 0.186. The third-order valence-electron chi connectivity index (χ3n) is 4.77. The highest BCUT2D eigenvalue weighted by Gasteiger charge is 2.41. The molecule has 25 heavy (non-hydrogen) atoms. The molecule has 2 fully saturated rings. The number of fused-ring (bicyclic) bond motifs is 1. The van der Waals surface area contributed by atoms with Gasteiger partial charge in [0.2, 0.25) is 17.7 Å². The fourth-order valence-electron chi connectivity index (χ4n) is 3.58. The number of carbonyl (C=O) groups excluding carboxylic acids is 3. The van der Waals surface area contributed by atoms with Crippen LogP contribution in [-0.2, 0) is 20.8 Å². The van der Waals surface area contributed by atoms with Gasteiger partial charge in [0, 0.05) is 26.1 Å². The molecule has 0 radical (unpaired) electrons. The molecule has 1 N–H and O–H groups in total. The summed E-state index contributed by atoms with van der Waals surface area (Å²) in [5.74, 6) is 0.549. The molecule has 0 unspecified atom stereocenters. The van der Waals surface area contributed by atoms with Crippen molar-refractivity contribution in [1.82, 2.24) is 15.1 Å². The van der Waals surface area contributed by atoms with Crippen molar-refractivity contribution in [2.24, 2.45) is 0 Å². The first-order chi connectivity index (χ1) is 12.0. The number of methoxy groups -OCH3 is 1. The van der Waals surface area contributed by atoms with E-state index in [1.165, 1.54) is 6.92 Å². The van der Waals surface area contributed by atoms with Gasteiger partial charge in [-0.3, -0.25) is 14.4 Å². The van der Waals surface area contributed by atoms with Gasteiger partial charge in [-0.05, 0) is 24.1 Å². The van der Waals surface area contributed by atoms with Gasteiger partial charge in [0.15, 0.2) is 0 Å². The molecule has 3 amide bonds. The smallest absolute Gasteiger partial charge is 0.242 e. The number of amides is 3. The van der Waals surface area contributed by atoms with E-state index >= 15 is 0 Å². The first-order valence-electron chi connectivity index (χ1n) is 8.43. The second-order valence-electron chi connectivity index (χ2n) is 6.63. The number of hydrogen-bond donors (Lipinski definition) is 1. The van der Waals surface area contributed by atoms with Crippen molar-refractivity contribution in [2.45, 2.75) is 31.8 Å². The van der Waals surface area contributed by atoms with Gasteiger partial charge < -0.3 is 19.9 Å². The Morgan fingerprint density at radius 1 is 1.24 bits per heavy atom. The van der Waals surface area contributed by atoms with Crippen LogP contribution in [0.3, 0.4) is 0 Å². The lowest BCUT2D eigenvalue weighted by Crippen LogP contribution is -2.55. The third kappa shape index (κ3) is 3.92. The van der Waals surface area contributed by atoms with Gasteiger partial charge in [-0.25, -0.2) is 0 Å². The summed E-state index contributed by atoms with van der Waals surface area (Å²) < 4.78 is 5.11. The van der Waals surface area contributed by atoms with Gasteiger partial charge >= 0.3 is 0 Å². The maximum atomic E-state index is 12.6. The molecule has 0 saturated carbocycles. The Labute approximate surface area is 146 Å². The number of hydrogen-bond acceptors (Lipinski definition) is 4. The Bertz CT molecular complexity index is 673. The molecular weight excluding hydrogens is 322 g/mol. The molecule has 2 aliphatic heterocycles. The molecule has 3 rings (SSSR count). The quantitative estimate of drug-likeness (QED) is 0.845. The maximum Gasteiger partial charge on any atom is 0.242 e. The van der Waals surface area contributed by atoms with E-state index in [0.717, 1.165) is 11.3 Å². The SMILES string of the molecule is COc1ccc(CC(=O)N2CC(=O)N3C[C@@H](NC(C)=O)C[C@H]3C2)cc1. The highest BCUT2D eigenvalue weighted by atomic mass is 16.5. The van der Waals surface area contributed by atoms with Crippen LogP contribution >= 0.6 is 0 Å². The maximum absolute atomic E-state index is 12.6. The average molecular weight is 345 g/mol. The molecular formula is C18H23N3O4. The number of nitrogens with one attached hydrogen (secondary N) is 1. The van der Waals surface area contributed by atoms with Gasteiger partial charge in [0.05, 0.1) is 26.1 Å². The van der Waals surface area contributed by atoms with Crippen LogP contribution in [0.1, 0.15) is 18.9 Å². The minimum absolute atomic E-state index is 0.0158. The summed E-state index contributed by atoms with van der Waals surface area (Å²) in [6, 6.07) is 7.32. The summed E-state index contributed by atoms with van der Waals surface area (Å²) in [6.07, 6.45) is 0.955. The molecule has 2 saturated heterocycles. The van der Waals surface area contributed by atoms with Crippen molar-refractivity contribution >= 4 is 17.7 Å². The lowest BCUT2D eigenvalue weighted by atomic mass is 10.1. The number of nitrogens with zero attached hydrogens (tertiary/aromatic N) is 2. The summed E-state index contributed by atoms with van der Waals surface area (Å²) in [4.78, 5) is 39.6. The van der Waals surface area contributed by atoms with Crippen molar-refractivity contribution in [3.8, 4) is 5.75 Å². The molecule has 0 aliphatic carbocycles. The van der Waals surface area contributed by atoms with Crippen LogP contribution in [-0.4, -0.2) is 66.3 Å². The Balaban J connectivity index is 1.61. The average Bonchev–Trinajstić information content (AvgIpc) is 2.97. The summed E-state index contributed by atoms with van der Waals surface area (Å²) >= 11 is 0. The van der Waals surface area contributed by atoms with Gasteiger partial charge in [-0.2, -0.15) is 0 Å². The summed E-state index contributed by atoms with van der Waals surface area (Å²) in [7, 11) is 1.60. The summed E-state index contributed by atoms with van der Waals surface area (Å²) in [6.45, 7) is 2.64. The van der Waals surface area contributed by atoms with Crippen LogP contribution < -0.4 is 10.1 Å². The molecule has 0 bridgehead atoms. The van der Waals surface area contributed by atoms with Crippen LogP contribution in [0.5, 0.6) is 5.75 Å². The topological polar surface area (TPSA) is 79.0 Å². The fraction of sp³-hybridized carbons (Fsp3) is 0.500. The molecule has 2 aliphatic rings. The second kappa shape index (κ2) is 7.13. The highest BCUT2D eigenvalue weighted by Crippen LogP contribution is 2.24. The summed E-state index contributed by atoms with van der Waals surface area (Å²) in [5.41, 5.74) is 0.892. The third-order valence-corrected chi connectivity index (χ3v) is 4.77. The number of carbonyl (C=O) groups is 3. The summed E-state index contributed by atoms with van der Waals surface area (Å²) in [5, 5.41) is 2.87. The Morgan fingerprint density at radius 3 is 2.60 bits per heavy atom. The molecule has 134 valence electrons. The molecule has 0 spiro atoms. The molecule has 0 aromatic heterocycles. The van der Waals surface area contributed by atoms with Crippen molar-refractivity contribution in [3.05, 3.63) is 29.8 Å². The highest BCUT2D eigenvalue weighted by molar-refractivity contribution is 5.87. The van der Waals surface area contributed by atoms with E-state index in [1.807, 2.05) is 24.3 Å². The van der Waals surface area contributed by atoms with E-state index in [2.05, 4.69) is 5.32 Å². The predicted molar refractivity (Wildman–Crippen MR) is 91.0 cm³/mol. The number of rotatable bonds is 4. The van der Waals surface area contributed by atoms with E-state index in [0.29, 0.717) is 19.5 Å². The standard InChI is InChI=1S/C18H23N3O4/c1-12(22)19-14-8-15-10-20(11-18(24)21(15)9-14)17(23)7-13-3-5-16(25-2)6-4-13/h3-6,14-15H,7-11H2,1-2H3,(H,19,22)/t14-,15-/m0/s1. The van der Waals surface area contributed by atoms with Crippen molar-refractivity contribution in [3.63, 3.8) is 0 Å². The zero-order valence-electron chi connectivity index (χ0n) is 14.5. The normalized spacial score (nSPS) is 22.6. The van der Waals surface area contributed by atoms with E-state index in [9.17, 15) is 14.4 Å². The molecule has 2 atom stereocenters. The monoisotopic (exact) mass is 345 g/mol. The lowest BCUT2D eigenvalue weighted by molar-refractivity contribution is -0.146. The van der Waals surface area contributed by atoms with Crippen molar-refractivity contribution in [1.29, 1.82) is 0 Å². The Kier molecular flexibility index (Phi) is 4.92. The first kappa shape index (κ1) is 17.3.